The summed E-state index contributed by atoms with van der Waals surface area (Å²) in [4.78, 5) is 0. The molecule has 0 spiro atoms. The molecule has 0 aromatic rings. The molecule has 0 bridgehead atoms. The van der Waals surface area contributed by atoms with E-state index in [0.717, 1.165) is 25.9 Å². The van der Waals surface area contributed by atoms with E-state index in [-0.39, 0.29) is 5.41 Å². The van der Waals surface area contributed by atoms with Crippen molar-refractivity contribution in [2.45, 2.75) is 64.9 Å². The van der Waals surface area contributed by atoms with Crippen LogP contribution in [0.25, 0.3) is 0 Å². The quantitative estimate of drug-likeness (QED) is 0.705. The first-order chi connectivity index (χ1) is 7.26. The lowest BCUT2D eigenvalue weighted by atomic mass is 9.76. The highest BCUT2D eigenvalue weighted by Crippen LogP contribution is 2.36. The molecule has 1 rings (SSSR count). The molecule has 90 valence electrons. The summed E-state index contributed by atoms with van der Waals surface area (Å²) in [6.45, 7) is 5.65. The average Bonchev–Trinajstić information content (AvgIpc) is 2.77. The summed E-state index contributed by atoms with van der Waals surface area (Å²) in [6, 6.07) is 0. The van der Waals surface area contributed by atoms with Gasteiger partial charge in [0.25, 0.3) is 0 Å². The molecular formula is C13H26O2. The zero-order chi connectivity index (χ0) is 11.1. The van der Waals surface area contributed by atoms with Gasteiger partial charge in [-0.1, -0.05) is 26.7 Å². The van der Waals surface area contributed by atoms with Gasteiger partial charge in [-0.15, -0.1) is 0 Å². The van der Waals surface area contributed by atoms with Gasteiger partial charge in [0.1, 0.15) is 0 Å². The van der Waals surface area contributed by atoms with Crippen molar-refractivity contribution in [1.82, 2.24) is 0 Å². The van der Waals surface area contributed by atoms with Gasteiger partial charge >= 0.3 is 0 Å². The van der Waals surface area contributed by atoms with E-state index < -0.39 is 0 Å². The Balaban J connectivity index is 2.45. The molecule has 0 aromatic carbocycles. The van der Waals surface area contributed by atoms with Gasteiger partial charge in [0.05, 0.1) is 6.10 Å². The molecule has 0 radical (unpaired) electrons. The minimum absolute atomic E-state index is 0.130. The molecule has 2 nitrogen and oxygen atoms in total. The number of aliphatic hydroxyl groups is 1. The van der Waals surface area contributed by atoms with Gasteiger partial charge in [-0.05, 0) is 37.5 Å². The Hall–Kier alpha value is -0.0800. The van der Waals surface area contributed by atoms with Crippen molar-refractivity contribution in [1.29, 1.82) is 0 Å². The summed E-state index contributed by atoms with van der Waals surface area (Å²) in [5, 5.41) is 9.61. The first kappa shape index (κ1) is 13.0. The number of hydrogen-bond donors (Lipinski definition) is 1. The second kappa shape index (κ2) is 6.49. The number of rotatable bonds is 7. The summed E-state index contributed by atoms with van der Waals surface area (Å²) in [7, 11) is 0. The lowest BCUT2D eigenvalue weighted by Gasteiger charge is -2.33. The van der Waals surface area contributed by atoms with Crippen LogP contribution in [0.1, 0.15) is 58.8 Å². The van der Waals surface area contributed by atoms with E-state index in [1.54, 1.807) is 0 Å². The van der Waals surface area contributed by atoms with Crippen LogP contribution in [-0.4, -0.2) is 24.4 Å². The minimum atomic E-state index is 0.130. The van der Waals surface area contributed by atoms with Gasteiger partial charge in [-0.3, -0.25) is 0 Å². The molecule has 15 heavy (non-hydrogen) atoms. The molecule has 2 heteroatoms. The first-order valence-electron chi connectivity index (χ1n) is 6.49. The van der Waals surface area contributed by atoms with E-state index in [2.05, 4.69) is 13.8 Å². The van der Waals surface area contributed by atoms with Gasteiger partial charge in [-0.25, -0.2) is 0 Å². The zero-order valence-corrected chi connectivity index (χ0v) is 10.3. The summed E-state index contributed by atoms with van der Waals surface area (Å²) < 4.78 is 5.68. The smallest absolute Gasteiger partial charge is 0.0582 e. The maximum absolute atomic E-state index is 9.61. The maximum atomic E-state index is 9.61. The van der Waals surface area contributed by atoms with Crippen LogP contribution in [0.5, 0.6) is 0 Å². The van der Waals surface area contributed by atoms with Crippen molar-refractivity contribution >= 4 is 0 Å². The van der Waals surface area contributed by atoms with E-state index in [4.69, 9.17) is 4.74 Å². The monoisotopic (exact) mass is 214 g/mol. The summed E-state index contributed by atoms with van der Waals surface area (Å²) in [6.07, 6.45) is 8.51. The minimum Gasteiger partial charge on any atom is -0.396 e. The molecule has 0 amide bonds. The molecule has 0 aromatic heterocycles. The van der Waals surface area contributed by atoms with Crippen LogP contribution in [0.3, 0.4) is 0 Å². The topological polar surface area (TPSA) is 29.5 Å². The molecular weight excluding hydrogens is 188 g/mol. The summed E-state index contributed by atoms with van der Waals surface area (Å²) in [5.41, 5.74) is 0.130. The summed E-state index contributed by atoms with van der Waals surface area (Å²) in [5.74, 6) is 0. The lowest BCUT2D eigenvalue weighted by molar-refractivity contribution is 0.0219. The number of hydrogen-bond acceptors (Lipinski definition) is 2. The Kier molecular flexibility index (Phi) is 5.62. The van der Waals surface area contributed by atoms with E-state index in [1.165, 1.54) is 25.7 Å². The molecule has 2 unspecified atom stereocenters. The van der Waals surface area contributed by atoms with Gasteiger partial charge in [-0.2, -0.15) is 0 Å². The molecule has 2 atom stereocenters. The van der Waals surface area contributed by atoms with Gasteiger partial charge < -0.3 is 9.84 Å². The molecule has 0 saturated carbocycles. The highest BCUT2D eigenvalue weighted by atomic mass is 16.5. The third kappa shape index (κ3) is 3.76. The zero-order valence-electron chi connectivity index (χ0n) is 10.3. The number of aliphatic hydroxyl groups excluding tert-OH is 1. The second-order valence-electron chi connectivity index (χ2n) is 4.95. The SMILES string of the molecule is CCCCC(CC)(CO)CC1CCCO1. The van der Waals surface area contributed by atoms with Crippen molar-refractivity contribution in [2.75, 3.05) is 13.2 Å². The first-order valence-corrected chi connectivity index (χ1v) is 6.49. The van der Waals surface area contributed by atoms with E-state index in [1.807, 2.05) is 0 Å². The molecule has 1 aliphatic rings. The molecule has 1 fully saturated rings. The van der Waals surface area contributed by atoms with E-state index in [0.29, 0.717) is 12.7 Å². The molecule has 1 saturated heterocycles. The predicted octanol–water partition coefficient (Wildman–Crippen LogP) is 3.13. The number of ether oxygens (including phenoxy) is 1. The van der Waals surface area contributed by atoms with Crippen molar-refractivity contribution in [3.05, 3.63) is 0 Å². The highest BCUT2D eigenvalue weighted by Gasteiger charge is 2.31. The lowest BCUT2D eigenvalue weighted by Crippen LogP contribution is -2.29. The third-order valence-electron chi connectivity index (χ3n) is 3.83. The fourth-order valence-electron chi connectivity index (χ4n) is 2.52. The van der Waals surface area contributed by atoms with Crippen LogP contribution < -0.4 is 0 Å². The van der Waals surface area contributed by atoms with E-state index in [9.17, 15) is 5.11 Å². The Labute approximate surface area is 94.0 Å². The van der Waals surface area contributed by atoms with E-state index >= 15 is 0 Å². The van der Waals surface area contributed by atoms with Crippen LogP contribution in [0.15, 0.2) is 0 Å². The Morgan fingerprint density at radius 2 is 2.20 bits per heavy atom. The average molecular weight is 214 g/mol. The van der Waals surface area contributed by atoms with Gasteiger partial charge in [0.2, 0.25) is 0 Å². The van der Waals surface area contributed by atoms with Crippen LogP contribution >= 0.6 is 0 Å². The second-order valence-corrected chi connectivity index (χ2v) is 4.95. The standard InChI is InChI=1S/C13H26O2/c1-3-5-8-13(4-2,11-14)10-12-7-6-9-15-12/h12,14H,3-11H2,1-2H3. The van der Waals surface area contributed by atoms with Crippen LogP contribution in [0.2, 0.25) is 0 Å². The fourth-order valence-corrected chi connectivity index (χ4v) is 2.52. The Bertz CT molecular complexity index is 158. The molecule has 1 N–H and O–H groups in total. The Morgan fingerprint density at radius 3 is 2.67 bits per heavy atom. The van der Waals surface area contributed by atoms with Crippen molar-refractivity contribution in [3.8, 4) is 0 Å². The summed E-state index contributed by atoms with van der Waals surface area (Å²) >= 11 is 0. The largest absolute Gasteiger partial charge is 0.396 e. The van der Waals surface area contributed by atoms with Crippen LogP contribution in [-0.2, 0) is 4.74 Å². The van der Waals surface area contributed by atoms with Crippen LogP contribution in [0, 0.1) is 5.41 Å². The third-order valence-corrected chi connectivity index (χ3v) is 3.83. The van der Waals surface area contributed by atoms with Gasteiger partial charge in [0.15, 0.2) is 0 Å². The number of unbranched alkanes of at least 4 members (excludes halogenated alkanes) is 1. The van der Waals surface area contributed by atoms with Crippen molar-refractivity contribution in [3.63, 3.8) is 0 Å². The fraction of sp³-hybridized carbons (Fsp3) is 1.00. The van der Waals surface area contributed by atoms with Gasteiger partial charge in [0, 0.05) is 13.2 Å². The van der Waals surface area contributed by atoms with Crippen molar-refractivity contribution < 1.29 is 9.84 Å². The van der Waals surface area contributed by atoms with Crippen LogP contribution in [0.4, 0.5) is 0 Å². The maximum Gasteiger partial charge on any atom is 0.0582 e. The Morgan fingerprint density at radius 1 is 1.40 bits per heavy atom. The van der Waals surface area contributed by atoms with Crippen molar-refractivity contribution in [2.24, 2.45) is 5.41 Å². The highest BCUT2D eigenvalue weighted by molar-refractivity contribution is 4.82. The molecule has 0 aliphatic carbocycles. The normalized spacial score (nSPS) is 25.4. The molecule has 1 heterocycles. The molecule has 1 aliphatic heterocycles. The predicted molar refractivity (Wildman–Crippen MR) is 62.9 cm³/mol.